The van der Waals surface area contributed by atoms with Gasteiger partial charge < -0.3 is 14.6 Å². The van der Waals surface area contributed by atoms with Crippen molar-refractivity contribution >= 4 is 28.0 Å². The van der Waals surface area contributed by atoms with E-state index in [9.17, 15) is 18.0 Å². The summed E-state index contributed by atoms with van der Waals surface area (Å²) in [7, 11) is -0.470. The van der Waals surface area contributed by atoms with Gasteiger partial charge in [0.25, 0.3) is 10.0 Å². The third kappa shape index (κ3) is 4.46. The van der Waals surface area contributed by atoms with Crippen LogP contribution in [-0.2, 0) is 21.9 Å². The lowest BCUT2D eigenvalue weighted by atomic mass is 10.1. The van der Waals surface area contributed by atoms with E-state index in [1.54, 1.807) is 4.72 Å². The molecule has 3 N–H and O–H groups in total. The molecule has 0 aromatic carbocycles. The average Bonchev–Trinajstić information content (AvgIpc) is 3.02. The normalized spacial score (nSPS) is 12.1. The van der Waals surface area contributed by atoms with Crippen LogP contribution < -0.4 is 19.5 Å². The van der Waals surface area contributed by atoms with E-state index in [4.69, 9.17) is 14.6 Å². The largest absolute Gasteiger partial charge is 0.481 e. The third-order valence-electron chi connectivity index (χ3n) is 3.55. The van der Waals surface area contributed by atoms with Gasteiger partial charge in [0.1, 0.15) is 0 Å². The number of amides is 2. The topological polar surface area (TPSA) is 175 Å². The Labute approximate surface area is 159 Å². The van der Waals surface area contributed by atoms with Gasteiger partial charge in [0, 0.05) is 12.6 Å². The van der Waals surface area contributed by atoms with Gasteiger partial charge in [0.15, 0.2) is 5.03 Å². The van der Waals surface area contributed by atoms with Gasteiger partial charge >= 0.3 is 12.0 Å². The summed E-state index contributed by atoms with van der Waals surface area (Å²) >= 11 is 0. The number of nitrogens with one attached hydrogen (secondary N) is 2. The second kappa shape index (κ2) is 8.08. The van der Waals surface area contributed by atoms with Crippen LogP contribution in [0.5, 0.6) is 11.8 Å². The molecule has 0 aliphatic carbocycles. The average molecular weight is 414 g/mol. The quantitative estimate of drug-likeness (QED) is 0.556. The standard InChI is InChI=1S/C14H18N6O7S/c1-7(12(21)22)8-6-15-20(2)11(8)28(24,25)19-14(23)18-13-16-9(26-3)5-10(17-13)27-4/h5-7H,1-4H3,(H,21,22)(H2,16,17,18,19,23). The van der Waals surface area contributed by atoms with E-state index in [0.717, 1.165) is 10.9 Å². The van der Waals surface area contributed by atoms with E-state index >= 15 is 0 Å². The van der Waals surface area contributed by atoms with Crippen molar-refractivity contribution in [1.82, 2.24) is 24.5 Å². The number of aryl methyl sites for hydroxylation is 1. The van der Waals surface area contributed by atoms with E-state index in [2.05, 4.69) is 20.4 Å². The van der Waals surface area contributed by atoms with Gasteiger partial charge in [-0.15, -0.1) is 0 Å². The molecule has 2 heterocycles. The van der Waals surface area contributed by atoms with Crippen LogP contribution >= 0.6 is 0 Å². The summed E-state index contributed by atoms with van der Waals surface area (Å²) in [5, 5.41) is 14.6. The van der Waals surface area contributed by atoms with Crippen LogP contribution in [0.1, 0.15) is 18.4 Å². The lowest BCUT2D eigenvalue weighted by Crippen LogP contribution is -2.36. The maximum Gasteiger partial charge on any atom is 0.335 e. The summed E-state index contributed by atoms with van der Waals surface area (Å²) in [6.07, 6.45) is 1.11. The molecule has 28 heavy (non-hydrogen) atoms. The molecule has 2 aromatic heterocycles. The molecule has 0 saturated heterocycles. The highest BCUT2D eigenvalue weighted by atomic mass is 32.2. The molecule has 0 saturated carbocycles. The Balaban J connectivity index is 2.27. The van der Waals surface area contributed by atoms with E-state index in [1.165, 1.54) is 34.3 Å². The van der Waals surface area contributed by atoms with Crippen molar-refractivity contribution in [1.29, 1.82) is 0 Å². The Hall–Kier alpha value is -3.42. The summed E-state index contributed by atoms with van der Waals surface area (Å²) in [4.78, 5) is 31.0. The van der Waals surface area contributed by atoms with E-state index in [1.807, 2.05) is 0 Å². The Morgan fingerprint density at radius 2 is 1.79 bits per heavy atom. The highest BCUT2D eigenvalue weighted by Gasteiger charge is 2.30. The molecule has 2 aromatic rings. The molecule has 0 aliphatic heterocycles. The van der Waals surface area contributed by atoms with Crippen molar-refractivity contribution in [2.75, 3.05) is 19.5 Å². The first kappa shape index (κ1) is 20.9. The second-order valence-electron chi connectivity index (χ2n) is 5.42. The molecule has 1 atom stereocenters. The number of aromatic nitrogens is 4. The summed E-state index contributed by atoms with van der Waals surface area (Å²) in [5.41, 5.74) is -0.0744. The Kier molecular flexibility index (Phi) is 6.03. The van der Waals surface area contributed by atoms with Crippen molar-refractivity contribution in [3.05, 3.63) is 17.8 Å². The van der Waals surface area contributed by atoms with Gasteiger partial charge in [-0.1, -0.05) is 0 Å². The number of methoxy groups -OCH3 is 2. The fourth-order valence-corrected chi connectivity index (χ4v) is 3.50. The summed E-state index contributed by atoms with van der Waals surface area (Å²) in [6.45, 7) is 1.30. The number of carboxylic acid groups (broad SMARTS) is 1. The number of sulfonamides is 1. The summed E-state index contributed by atoms with van der Waals surface area (Å²) in [5.74, 6) is -2.52. The Bertz CT molecular complexity index is 981. The van der Waals surface area contributed by atoms with Gasteiger partial charge in [0.05, 0.1) is 32.4 Å². The molecule has 0 bridgehead atoms. The van der Waals surface area contributed by atoms with Crippen molar-refractivity contribution in [3.63, 3.8) is 0 Å². The first-order chi connectivity index (χ1) is 13.1. The molecule has 14 heteroatoms. The van der Waals surface area contributed by atoms with Crippen molar-refractivity contribution in [3.8, 4) is 11.8 Å². The summed E-state index contributed by atoms with van der Waals surface area (Å²) in [6, 6.07) is 0.181. The minimum Gasteiger partial charge on any atom is -0.481 e. The number of anilines is 1. The fraction of sp³-hybridized carbons (Fsp3) is 0.357. The molecule has 1 unspecified atom stereocenters. The first-order valence-electron chi connectivity index (χ1n) is 7.64. The smallest absolute Gasteiger partial charge is 0.335 e. The predicted molar refractivity (Wildman–Crippen MR) is 93.7 cm³/mol. The predicted octanol–water partition coefficient (Wildman–Crippen LogP) is -0.0742. The second-order valence-corrected chi connectivity index (χ2v) is 7.02. The van der Waals surface area contributed by atoms with E-state index in [-0.39, 0.29) is 23.3 Å². The van der Waals surface area contributed by atoms with Crippen LogP contribution in [0.3, 0.4) is 0 Å². The van der Waals surface area contributed by atoms with E-state index < -0.39 is 33.0 Å². The number of ether oxygens (including phenoxy) is 2. The maximum atomic E-state index is 12.6. The minimum atomic E-state index is -4.45. The number of hydrogen-bond donors (Lipinski definition) is 3. The zero-order valence-corrected chi connectivity index (χ0v) is 16.1. The number of rotatable bonds is 7. The highest BCUT2D eigenvalue weighted by Crippen LogP contribution is 2.24. The van der Waals surface area contributed by atoms with E-state index in [0.29, 0.717) is 0 Å². The molecule has 152 valence electrons. The van der Waals surface area contributed by atoms with Gasteiger partial charge in [0.2, 0.25) is 17.7 Å². The van der Waals surface area contributed by atoms with Crippen LogP contribution in [0.15, 0.2) is 17.3 Å². The number of carbonyl (C=O) groups excluding carboxylic acids is 1. The zero-order valence-electron chi connectivity index (χ0n) is 15.3. The van der Waals surface area contributed by atoms with Crippen molar-refractivity contribution in [2.24, 2.45) is 7.05 Å². The third-order valence-corrected chi connectivity index (χ3v) is 5.02. The van der Waals surface area contributed by atoms with Crippen LogP contribution in [0, 0.1) is 0 Å². The van der Waals surface area contributed by atoms with Crippen LogP contribution in [0.4, 0.5) is 10.7 Å². The Morgan fingerprint density at radius 3 is 2.29 bits per heavy atom. The molecule has 0 aliphatic rings. The molecule has 13 nitrogen and oxygen atoms in total. The van der Waals surface area contributed by atoms with Crippen LogP contribution in [-0.4, -0.2) is 59.5 Å². The molecule has 0 fully saturated rings. The lowest BCUT2D eigenvalue weighted by molar-refractivity contribution is -0.138. The number of aliphatic carboxylic acids is 1. The number of hydrogen-bond acceptors (Lipinski definition) is 9. The van der Waals surface area contributed by atoms with Crippen molar-refractivity contribution < 1.29 is 32.6 Å². The van der Waals surface area contributed by atoms with Crippen molar-refractivity contribution in [2.45, 2.75) is 17.9 Å². The molecule has 2 rings (SSSR count). The SMILES string of the molecule is COc1cc(OC)nc(NC(=O)NS(=O)(=O)c2c(C(C)C(=O)O)cnn2C)n1. The number of urea groups is 1. The molecule has 0 radical (unpaired) electrons. The zero-order chi connectivity index (χ0) is 21.1. The van der Waals surface area contributed by atoms with Gasteiger partial charge in [-0.2, -0.15) is 23.5 Å². The maximum absolute atomic E-state index is 12.6. The monoisotopic (exact) mass is 414 g/mol. The molecular formula is C14H18N6O7S. The summed E-state index contributed by atoms with van der Waals surface area (Å²) < 4.78 is 37.8. The molecule has 0 spiro atoms. The lowest BCUT2D eigenvalue weighted by Gasteiger charge is -2.12. The van der Waals surface area contributed by atoms with Gasteiger partial charge in [-0.3, -0.25) is 14.8 Å². The fourth-order valence-electron chi connectivity index (χ4n) is 2.17. The number of carboxylic acids is 1. The molecule has 2 amide bonds. The van der Waals surface area contributed by atoms with Crippen LogP contribution in [0.25, 0.3) is 0 Å². The number of carbonyl (C=O) groups is 2. The van der Waals surface area contributed by atoms with Gasteiger partial charge in [-0.05, 0) is 6.92 Å². The highest BCUT2D eigenvalue weighted by molar-refractivity contribution is 7.90. The number of nitrogens with zero attached hydrogens (tertiary/aromatic N) is 4. The Morgan fingerprint density at radius 1 is 1.21 bits per heavy atom. The first-order valence-corrected chi connectivity index (χ1v) is 9.13. The minimum absolute atomic E-state index is 0.0744. The molecular weight excluding hydrogens is 396 g/mol. The van der Waals surface area contributed by atoms with Gasteiger partial charge in [-0.25, -0.2) is 9.52 Å². The van der Waals surface area contributed by atoms with Crippen LogP contribution in [0.2, 0.25) is 0 Å².